The molecule has 24 heavy (non-hydrogen) atoms. The molecule has 0 aliphatic rings. The molecule has 0 spiro atoms. The van der Waals surface area contributed by atoms with Crippen molar-refractivity contribution in [3.63, 3.8) is 0 Å². The van der Waals surface area contributed by atoms with Crippen molar-refractivity contribution in [2.45, 2.75) is 12.3 Å². The van der Waals surface area contributed by atoms with Crippen molar-refractivity contribution in [3.8, 4) is 0 Å². The predicted octanol–water partition coefficient (Wildman–Crippen LogP) is 1.92. The number of carbonyl (C=O) groups excluding carboxylic acids is 1. The van der Waals surface area contributed by atoms with Crippen molar-refractivity contribution in [1.29, 1.82) is 0 Å². The first-order valence-corrected chi connectivity index (χ1v) is 9.41. The molecule has 2 rings (SSSR count). The van der Waals surface area contributed by atoms with Gasteiger partial charge < -0.3 is 9.73 Å². The molecule has 2 N–H and O–H groups in total. The van der Waals surface area contributed by atoms with Crippen molar-refractivity contribution in [2.24, 2.45) is 0 Å². The fraction of sp³-hybridized carbons (Fsp3) is 0.312. The first kappa shape index (κ1) is 18.5. The second kappa shape index (κ2) is 8.32. The van der Waals surface area contributed by atoms with Gasteiger partial charge in [0.2, 0.25) is 15.9 Å². The highest BCUT2D eigenvalue weighted by molar-refractivity contribution is 7.89. The lowest BCUT2D eigenvalue weighted by molar-refractivity contribution is -0.122. The summed E-state index contributed by atoms with van der Waals surface area (Å²) in [5, 5.41) is 3.25. The minimum absolute atomic E-state index is 0.0320. The summed E-state index contributed by atoms with van der Waals surface area (Å²) in [7, 11) is -2.02. The van der Waals surface area contributed by atoms with Gasteiger partial charge in [0.05, 0.1) is 17.9 Å². The Morgan fingerprint density at radius 3 is 2.54 bits per heavy atom. The van der Waals surface area contributed by atoms with E-state index in [0.717, 1.165) is 5.56 Å². The zero-order valence-electron chi connectivity index (χ0n) is 13.2. The first-order valence-electron chi connectivity index (χ1n) is 7.38. The summed E-state index contributed by atoms with van der Waals surface area (Å²) in [6.45, 7) is 0.0320. The Morgan fingerprint density at radius 2 is 1.96 bits per heavy atom. The highest BCUT2D eigenvalue weighted by Crippen LogP contribution is 2.23. The monoisotopic (exact) mass is 370 g/mol. The summed E-state index contributed by atoms with van der Waals surface area (Å²) in [5.41, 5.74) is 0.782. The van der Waals surface area contributed by atoms with Crippen molar-refractivity contribution >= 4 is 27.5 Å². The zero-order valence-corrected chi connectivity index (χ0v) is 14.7. The van der Waals surface area contributed by atoms with Gasteiger partial charge in [0.25, 0.3) is 0 Å². The van der Waals surface area contributed by atoms with Crippen molar-refractivity contribution in [3.05, 3.63) is 59.0 Å². The summed E-state index contributed by atoms with van der Waals surface area (Å²) in [5.74, 6) is -0.262. The van der Waals surface area contributed by atoms with E-state index in [1.807, 2.05) is 0 Å². The Kier molecular flexibility index (Phi) is 6.42. The molecule has 8 heteroatoms. The highest BCUT2D eigenvalue weighted by Gasteiger charge is 2.22. The van der Waals surface area contributed by atoms with Gasteiger partial charge in [-0.3, -0.25) is 4.79 Å². The number of halogens is 1. The number of rotatable bonds is 8. The highest BCUT2D eigenvalue weighted by atomic mass is 35.5. The van der Waals surface area contributed by atoms with Gasteiger partial charge in [-0.2, -0.15) is 0 Å². The molecule has 0 saturated carbocycles. The zero-order chi connectivity index (χ0) is 17.6. The Bertz CT molecular complexity index is 758. The number of benzene rings is 1. The van der Waals surface area contributed by atoms with E-state index >= 15 is 0 Å². The standard InChI is InChI=1S/C16H19ClN2O4S/c1-18-24(21,22)10-8-19-16(20)15(11-14-3-2-9-23-14)12-4-6-13(17)7-5-12/h2-7,9,15,18H,8,10-11H2,1H3,(H,19,20). The Balaban J connectivity index is 2.09. The average molecular weight is 371 g/mol. The summed E-state index contributed by atoms with van der Waals surface area (Å²) in [4.78, 5) is 12.5. The fourth-order valence-corrected chi connectivity index (χ4v) is 2.92. The van der Waals surface area contributed by atoms with Crippen LogP contribution in [-0.2, 0) is 21.2 Å². The van der Waals surface area contributed by atoms with Crippen LogP contribution in [0.1, 0.15) is 17.2 Å². The molecule has 1 atom stereocenters. The smallest absolute Gasteiger partial charge is 0.228 e. The number of hydrogen-bond donors (Lipinski definition) is 2. The first-order chi connectivity index (χ1) is 11.4. The number of hydrogen-bond acceptors (Lipinski definition) is 4. The van der Waals surface area contributed by atoms with Gasteiger partial charge in [0, 0.05) is 18.0 Å². The van der Waals surface area contributed by atoms with Crippen LogP contribution in [0.2, 0.25) is 5.02 Å². The number of sulfonamides is 1. The van der Waals surface area contributed by atoms with E-state index in [1.165, 1.54) is 7.05 Å². The van der Waals surface area contributed by atoms with Crippen LogP contribution in [-0.4, -0.2) is 33.7 Å². The van der Waals surface area contributed by atoms with Crippen LogP contribution in [0.3, 0.4) is 0 Å². The third-order valence-electron chi connectivity index (χ3n) is 3.56. The van der Waals surface area contributed by atoms with E-state index in [1.54, 1.807) is 42.7 Å². The summed E-state index contributed by atoms with van der Waals surface area (Å²) in [6, 6.07) is 10.5. The topological polar surface area (TPSA) is 88.4 Å². The van der Waals surface area contributed by atoms with Gasteiger partial charge in [0.1, 0.15) is 5.76 Å². The Hall–Kier alpha value is -1.83. The lowest BCUT2D eigenvalue weighted by atomic mass is 9.93. The molecule has 0 aliphatic heterocycles. The predicted molar refractivity (Wildman–Crippen MR) is 92.5 cm³/mol. The van der Waals surface area contributed by atoms with Crippen LogP contribution in [0.15, 0.2) is 47.1 Å². The maximum Gasteiger partial charge on any atom is 0.228 e. The summed E-state index contributed by atoms with van der Waals surface area (Å²) in [6.07, 6.45) is 1.92. The molecule has 1 unspecified atom stereocenters. The largest absolute Gasteiger partial charge is 0.469 e. The van der Waals surface area contributed by atoms with Gasteiger partial charge in [-0.15, -0.1) is 0 Å². The molecule has 0 radical (unpaired) electrons. The normalized spacial score (nSPS) is 12.8. The lowest BCUT2D eigenvalue weighted by Gasteiger charge is -2.16. The van der Waals surface area contributed by atoms with Crippen LogP contribution >= 0.6 is 11.6 Å². The van der Waals surface area contributed by atoms with Crippen LogP contribution in [0.25, 0.3) is 0 Å². The molecular formula is C16H19ClN2O4S. The van der Waals surface area contributed by atoms with Crippen molar-refractivity contribution < 1.29 is 17.6 Å². The van der Waals surface area contributed by atoms with Gasteiger partial charge in [-0.05, 0) is 36.9 Å². The molecule has 1 aromatic carbocycles. The van der Waals surface area contributed by atoms with Crippen LogP contribution < -0.4 is 10.0 Å². The van der Waals surface area contributed by atoms with Gasteiger partial charge >= 0.3 is 0 Å². The maximum atomic E-state index is 12.5. The number of nitrogens with one attached hydrogen (secondary N) is 2. The van der Waals surface area contributed by atoms with Crippen LogP contribution in [0, 0.1) is 0 Å². The molecular weight excluding hydrogens is 352 g/mol. The molecule has 130 valence electrons. The second-order valence-corrected chi connectivity index (χ2v) is 7.68. The fourth-order valence-electron chi connectivity index (χ4n) is 2.22. The molecule has 0 saturated heterocycles. The van der Waals surface area contributed by atoms with Crippen molar-refractivity contribution in [1.82, 2.24) is 10.0 Å². The Morgan fingerprint density at radius 1 is 1.25 bits per heavy atom. The SMILES string of the molecule is CNS(=O)(=O)CCNC(=O)C(Cc1ccco1)c1ccc(Cl)cc1. The maximum absolute atomic E-state index is 12.5. The van der Waals surface area contributed by atoms with E-state index in [9.17, 15) is 13.2 Å². The number of amides is 1. The van der Waals surface area contributed by atoms with Crippen molar-refractivity contribution in [2.75, 3.05) is 19.3 Å². The van der Waals surface area contributed by atoms with Gasteiger partial charge in [-0.25, -0.2) is 13.1 Å². The van der Waals surface area contributed by atoms with E-state index in [0.29, 0.717) is 17.2 Å². The average Bonchev–Trinajstić information content (AvgIpc) is 3.06. The van der Waals surface area contributed by atoms with E-state index < -0.39 is 15.9 Å². The van der Waals surface area contributed by atoms with Crippen LogP contribution in [0.5, 0.6) is 0 Å². The quantitative estimate of drug-likeness (QED) is 0.743. The molecule has 1 aromatic heterocycles. The van der Waals surface area contributed by atoms with E-state index in [4.69, 9.17) is 16.0 Å². The minimum atomic E-state index is -3.36. The van der Waals surface area contributed by atoms with E-state index in [-0.39, 0.29) is 18.2 Å². The minimum Gasteiger partial charge on any atom is -0.469 e. The molecule has 1 heterocycles. The number of furan rings is 1. The van der Waals surface area contributed by atoms with E-state index in [2.05, 4.69) is 10.0 Å². The number of carbonyl (C=O) groups is 1. The third kappa shape index (κ3) is 5.36. The summed E-state index contributed by atoms with van der Waals surface area (Å²) < 4.78 is 30.4. The molecule has 0 bridgehead atoms. The van der Waals surface area contributed by atoms with Crippen LogP contribution in [0.4, 0.5) is 0 Å². The lowest BCUT2D eigenvalue weighted by Crippen LogP contribution is -2.36. The molecule has 0 aliphatic carbocycles. The molecule has 6 nitrogen and oxygen atoms in total. The van der Waals surface area contributed by atoms with Gasteiger partial charge in [-0.1, -0.05) is 23.7 Å². The summed E-state index contributed by atoms with van der Waals surface area (Å²) >= 11 is 5.90. The Labute approximate surface area is 146 Å². The molecule has 0 fully saturated rings. The third-order valence-corrected chi connectivity index (χ3v) is 5.17. The molecule has 1 amide bonds. The molecule has 2 aromatic rings. The second-order valence-electron chi connectivity index (χ2n) is 5.20. The van der Waals surface area contributed by atoms with Gasteiger partial charge in [0.15, 0.2) is 0 Å².